The van der Waals surface area contributed by atoms with Crippen molar-refractivity contribution in [1.29, 1.82) is 0 Å². The molecule has 2 aromatic carbocycles. The van der Waals surface area contributed by atoms with Crippen LogP contribution in [0.1, 0.15) is 17.7 Å². The first-order valence-corrected chi connectivity index (χ1v) is 10.6. The van der Waals surface area contributed by atoms with Gasteiger partial charge in [-0.25, -0.2) is 4.98 Å². The summed E-state index contributed by atoms with van der Waals surface area (Å²) < 4.78 is 6.58. The topological polar surface area (TPSA) is 87.8 Å². The fourth-order valence-corrected chi connectivity index (χ4v) is 3.25. The predicted molar refractivity (Wildman–Crippen MR) is 125 cm³/mol. The summed E-state index contributed by atoms with van der Waals surface area (Å²) in [6.45, 7) is 0.532. The van der Waals surface area contributed by atoms with E-state index in [9.17, 15) is 0 Å². The minimum atomic E-state index is 0.476. The molecule has 0 amide bonds. The van der Waals surface area contributed by atoms with Crippen molar-refractivity contribution < 1.29 is 4.74 Å². The first-order chi connectivity index (χ1) is 15.2. The minimum absolute atomic E-state index is 0.476. The van der Waals surface area contributed by atoms with Crippen LogP contribution in [0.5, 0.6) is 5.75 Å². The van der Waals surface area contributed by atoms with E-state index in [-0.39, 0.29) is 0 Å². The molecule has 3 N–H and O–H groups in total. The van der Waals surface area contributed by atoms with E-state index in [0.717, 1.165) is 33.6 Å². The molecule has 4 aromatic rings. The smallest absolute Gasteiger partial charge is 0.229 e. The third kappa shape index (κ3) is 4.92. The van der Waals surface area contributed by atoms with Gasteiger partial charge < -0.3 is 15.4 Å². The van der Waals surface area contributed by atoms with E-state index in [0.29, 0.717) is 24.2 Å². The zero-order valence-electron chi connectivity index (χ0n) is 16.5. The number of H-pyrrole nitrogens is 1. The molecule has 1 aliphatic carbocycles. The van der Waals surface area contributed by atoms with Crippen molar-refractivity contribution in [3.8, 4) is 5.75 Å². The molecule has 7 nitrogen and oxygen atoms in total. The monoisotopic (exact) mass is 474 g/mol. The zero-order valence-corrected chi connectivity index (χ0v) is 18.1. The maximum Gasteiger partial charge on any atom is 0.229 e. The van der Waals surface area contributed by atoms with Crippen molar-refractivity contribution >= 4 is 44.8 Å². The van der Waals surface area contributed by atoms with Crippen LogP contribution in [0.25, 0.3) is 5.57 Å². The van der Waals surface area contributed by atoms with Crippen molar-refractivity contribution in [2.45, 2.75) is 13.0 Å². The Morgan fingerprint density at radius 1 is 1.03 bits per heavy atom. The van der Waals surface area contributed by atoms with Crippen molar-refractivity contribution in [3.63, 3.8) is 0 Å². The highest BCUT2D eigenvalue weighted by atomic mass is 79.9. The zero-order chi connectivity index (χ0) is 21.0. The second-order valence-corrected chi connectivity index (χ2v) is 7.89. The van der Waals surface area contributed by atoms with Gasteiger partial charge in [-0.05, 0) is 57.8 Å². The third-order valence-corrected chi connectivity index (χ3v) is 5.26. The first kappa shape index (κ1) is 19.3. The molecule has 5 rings (SSSR count). The van der Waals surface area contributed by atoms with E-state index in [1.807, 2.05) is 60.7 Å². The van der Waals surface area contributed by atoms with Crippen LogP contribution in [0.2, 0.25) is 0 Å². The number of hydrogen-bond donors (Lipinski definition) is 3. The number of aromatic amines is 1. The molecule has 0 saturated heterocycles. The van der Waals surface area contributed by atoms with Gasteiger partial charge in [0.05, 0.1) is 10.2 Å². The quantitative estimate of drug-likeness (QED) is 0.298. The number of rotatable bonds is 8. The maximum atomic E-state index is 5.83. The Kier molecular flexibility index (Phi) is 5.37. The van der Waals surface area contributed by atoms with Crippen molar-refractivity contribution in [2.75, 3.05) is 10.6 Å². The van der Waals surface area contributed by atoms with Gasteiger partial charge in [0.1, 0.15) is 12.4 Å². The first-order valence-electron chi connectivity index (χ1n) is 9.81. The summed E-state index contributed by atoms with van der Waals surface area (Å²) >= 11 is 3.49. The van der Waals surface area contributed by atoms with Gasteiger partial charge in [0.25, 0.3) is 0 Å². The predicted octanol–water partition coefficient (Wildman–Crippen LogP) is 5.82. The molecule has 1 aliphatic rings. The number of nitrogens with one attached hydrogen (secondary N) is 3. The molecule has 2 aromatic heterocycles. The van der Waals surface area contributed by atoms with E-state index in [1.54, 1.807) is 6.20 Å². The molecule has 0 aliphatic heterocycles. The molecule has 154 valence electrons. The summed E-state index contributed by atoms with van der Waals surface area (Å²) in [5.74, 6) is 2.61. The van der Waals surface area contributed by atoms with Gasteiger partial charge in [-0.3, -0.25) is 5.10 Å². The molecule has 0 bridgehead atoms. The average molecular weight is 475 g/mol. The lowest BCUT2D eigenvalue weighted by molar-refractivity contribution is 0.306. The Labute approximate surface area is 187 Å². The molecule has 0 unspecified atom stereocenters. The molecule has 2 heterocycles. The number of allylic oxidation sites excluding steroid dienone is 2. The van der Waals surface area contributed by atoms with Crippen LogP contribution in [0.3, 0.4) is 0 Å². The van der Waals surface area contributed by atoms with Crippen molar-refractivity contribution in [3.05, 3.63) is 88.7 Å². The summed E-state index contributed by atoms with van der Waals surface area (Å²) in [5.41, 5.74) is 4.30. The van der Waals surface area contributed by atoms with Crippen LogP contribution in [0.4, 0.5) is 23.3 Å². The Morgan fingerprint density at radius 3 is 2.61 bits per heavy atom. The number of benzene rings is 2. The molecule has 8 heteroatoms. The number of halogens is 1. The Bertz CT molecular complexity index is 1220. The summed E-state index contributed by atoms with van der Waals surface area (Å²) in [5, 5.41) is 13.7. The highest BCUT2D eigenvalue weighted by molar-refractivity contribution is 9.10. The van der Waals surface area contributed by atoms with E-state index < -0.39 is 0 Å². The average Bonchev–Trinajstić information content (AvgIpc) is 3.55. The van der Waals surface area contributed by atoms with Crippen molar-refractivity contribution in [2.24, 2.45) is 0 Å². The molecular formula is C23H19BrN6O. The van der Waals surface area contributed by atoms with Gasteiger partial charge in [0.15, 0.2) is 11.6 Å². The van der Waals surface area contributed by atoms with Crippen LogP contribution < -0.4 is 15.4 Å². The minimum Gasteiger partial charge on any atom is -0.489 e. The van der Waals surface area contributed by atoms with Gasteiger partial charge in [-0.2, -0.15) is 10.1 Å². The fraction of sp³-hybridized carbons (Fsp3) is 0.0870. The van der Waals surface area contributed by atoms with Crippen LogP contribution in [-0.4, -0.2) is 20.2 Å². The van der Waals surface area contributed by atoms with E-state index in [2.05, 4.69) is 52.8 Å². The highest BCUT2D eigenvalue weighted by Gasteiger charge is 2.14. The molecule has 0 spiro atoms. The number of hydrogen-bond acceptors (Lipinski definition) is 6. The summed E-state index contributed by atoms with van der Waals surface area (Å²) in [7, 11) is 0. The SMILES string of the molecule is Brc1cnc(Nc2ccc(OCc3ccccc3)cc2)nc1Nc1cc(C2=CC2)[nH]n1. The van der Waals surface area contributed by atoms with Gasteiger partial charge in [0, 0.05) is 18.0 Å². The van der Waals surface area contributed by atoms with E-state index in [1.165, 1.54) is 5.57 Å². The normalized spacial score (nSPS) is 12.2. The Hall–Kier alpha value is -3.65. The van der Waals surface area contributed by atoms with Crippen LogP contribution in [0, 0.1) is 0 Å². The van der Waals surface area contributed by atoms with Crippen LogP contribution >= 0.6 is 15.9 Å². The number of ether oxygens (including phenoxy) is 1. The lowest BCUT2D eigenvalue weighted by Gasteiger charge is -2.10. The molecule has 0 fully saturated rings. The van der Waals surface area contributed by atoms with Gasteiger partial charge in [0.2, 0.25) is 5.95 Å². The van der Waals surface area contributed by atoms with E-state index >= 15 is 0 Å². The number of nitrogens with zero attached hydrogens (tertiary/aromatic N) is 3. The van der Waals surface area contributed by atoms with Crippen LogP contribution in [0.15, 0.2) is 77.4 Å². The Morgan fingerprint density at radius 2 is 1.84 bits per heavy atom. The number of anilines is 4. The standard InChI is InChI=1S/C23H19BrN6O/c24-19-13-25-23(28-22(19)27-21-12-20(29-30-21)16-6-7-16)26-17-8-10-18(11-9-17)31-14-15-4-2-1-3-5-15/h1-6,8-13H,7,14H2,(H3,25,26,27,28,29,30). The van der Waals surface area contributed by atoms with E-state index in [4.69, 9.17) is 4.74 Å². The molecule has 0 saturated carbocycles. The molecule has 0 radical (unpaired) electrons. The maximum absolute atomic E-state index is 5.83. The van der Waals surface area contributed by atoms with Crippen molar-refractivity contribution in [1.82, 2.24) is 20.2 Å². The van der Waals surface area contributed by atoms with Crippen LogP contribution in [-0.2, 0) is 6.61 Å². The summed E-state index contributed by atoms with van der Waals surface area (Å²) in [6, 6.07) is 19.7. The summed E-state index contributed by atoms with van der Waals surface area (Å²) in [4.78, 5) is 8.89. The molecular weight excluding hydrogens is 456 g/mol. The van der Waals surface area contributed by atoms with Gasteiger partial charge in [-0.15, -0.1) is 0 Å². The Balaban J connectivity index is 1.23. The number of aromatic nitrogens is 4. The third-order valence-electron chi connectivity index (χ3n) is 4.68. The molecule has 0 atom stereocenters. The second-order valence-electron chi connectivity index (χ2n) is 7.04. The molecule has 31 heavy (non-hydrogen) atoms. The summed E-state index contributed by atoms with van der Waals surface area (Å²) in [6.07, 6.45) is 4.87. The lowest BCUT2D eigenvalue weighted by atomic mass is 10.2. The van der Waals surface area contributed by atoms with Gasteiger partial charge in [-0.1, -0.05) is 36.4 Å². The second kappa shape index (κ2) is 8.61. The lowest BCUT2D eigenvalue weighted by Crippen LogP contribution is -2.02. The van der Waals surface area contributed by atoms with Gasteiger partial charge >= 0.3 is 0 Å². The fourth-order valence-electron chi connectivity index (χ4n) is 2.96. The highest BCUT2D eigenvalue weighted by Crippen LogP contribution is 2.31. The largest absolute Gasteiger partial charge is 0.489 e.